The quantitative estimate of drug-likeness (QED) is 0.218. The summed E-state index contributed by atoms with van der Waals surface area (Å²) in [5.74, 6) is 0.179. The van der Waals surface area contributed by atoms with Crippen LogP contribution in [0, 0.1) is 0 Å². The minimum Gasteiger partial charge on any atom is -0.493 e. The molecule has 182 valence electrons. The fraction of sp³-hybridized carbons (Fsp3) is 0.222. The fourth-order valence-corrected chi connectivity index (χ4v) is 3.41. The highest BCUT2D eigenvalue weighted by atomic mass is 32.1. The predicted octanol–water partition coefficient (Wildman–Crippen LogP) is 4.64. The van der Waals surface area contributed by atoms with E-state index >= 15 is 0 Å². The third-order valence-electron chi connectivity index (χ3n) is 5.01. The van der Waals surface area contributed by atoms with Gasteiger partial charge in [-0.2, -0.15) is 0 Å². The molecule has 0 bridgehead atoms. The van der Waals surface area contributed by atoms with E-state index in [1.807, 2.05) is 48.5 Å². The molecule has 3 aromatic carbocycles. The normalized spacial score (nSPS) is 10.2. The van der Waals surface area contributed by atoms with Gasteiger partial charge < -0.3 is 9.47 Å². The van der Waals surface area contributed by atoms with Gasteiger partial charge in [0.1, 0.15) is 11.5 Å². The molecule has 0 aliphatic rings. The number of thiocarbonyl (C=S) groups is 1. The van der Waals surface area contributed by atoms with Crippen LogP contribution >= 0.6 is 12.2 Å². The molecular weight excluding hydrogens is 462 g/mol. The van der Waals surface area contributed by atoms with Crippen molar-refractivity contribution in [1.82, 2.24) is 16.2 Å². The number of ether oxygens (including phenoxy) is 2. The van der Waals surface area contributed by atoms with E-state index in [4.69, 9.17) is 21.7 Å². The zero-order valence-electron chi connectivity index (χ0n) is 19.6. The molecule has 0 saturated carbocycles. The van der Waals surface area contributed by atoms with Gasteiger partial charge in [0, 0.05) is 5.56 Å². The maximum Gasteiger partial charge on any atom is 0.276 e. The second-order valence-electron chi connectivity index (χ2n) is 7.66. The van der Waals surface area contributed by atoms with Crippen LogP contribution < -0.4 is 25.6 Å². The summed E-state index contributed by atoms with van der Waals surface area (Å²) in [5, 5.41) is 2.50. The van der Waals surface area contributed by atoms with Gasteiger partial charge in [0.15, 0.2) is 11.7 Å². The van der Waals surface area contributed by atoms with E-state index in [-0.39, 0.29) is 11.7 Å². The molecule has 0 heterocycles. The number of unbranched alkanes of at least 4 members (excludes halogenated alkanes) is 2. The van der Waals surface area contributed by atoms with Crippen molar-refractivity contribution in [1.29, 1.82) is 0 Å². The number of hydrazine groups is 1. The van der Waals surface area contributed by atoms with Crippen molar-refractivity contribution < 1.29 is 19.1 Å². The van der Waals surface area contributed by atoms with Crippen molar-refractivity contribution >= 4 is 29.1 Å². The summed E-state index contributed by atoms with van der Waals surface area (Å²) in [7, 11) is 0. The largest absolute Gasteiger partial charge is 0.493 e. The topological polar surface area (TPSA) is 88.7 Å². The number of carbonyl (C=O) groups is 2. The maximum atomic E-state index is 12.6. The van der Waals surface area contributed by atoms with Crippen LogP contribution in [0.2, 0.25) is 0 Å². The van der Waals surface area contributed by atoms with Crippen molar-refractivity contribution in [2.75, 3.05) is 13.2 Å². The Morgan fingerprint density at radius 1 is 0.800 bits per heavy atom. The molecule has 7 nitrogen and oxygen atoms in total. The molecule has 0 aromatic heterocycles. The monoisotopic (exact) mass is 491 g/mol. The van der Waals surface area contributed by atoms with Crippen LogP contribution in [-0.2, 0) is 4.79 Å². The highest BCUT2D eigenvalue weighted by Gasteiger charge is 2.14. The van der Waals surface area contributed by atoms with E-state index in [9.17, 15) is 9.59 Å². The highest BCUT2D eigenvalue weighted by Crippen LogP contribution is 2.29. The van der Waals surface area contributed by atoms with Crippen LogP contribution in [0.25, 0.3) is 11.1 Å². The van der Waals surface area contributed by atoms with Crippen molar-refractivity contribution in [3.05, 3.63) is 84.4 Å². The van der Waals surface area contributed by atoms with Crippen LogP contribution in [0.5, 0.6) is 11.5 Å². The molecule has 3 N–H and O–H groups in total. The van der Waals surface area contributed by atoms with Crippen LogP contribution in [0.4, 0.5) is 0 Å². The SMILES string of the molecule is CCCCCOc1ccccc1C(=O)NC(=S)NNC(=O)COc1ccccc1-c1ccccc1. The first-order valence-corrected chi connectivity index (χ1v) is 11.9. The Balaban J connectivity index is 1.47. The molecule has 2 amide bonds. The first-order valence-electron chi connectivity index (χ1n) is 11.5. The molecule has 0 aliphatic heterocycles. The smallest absolute Gasteiger partial charge is 0.276 e. The van der Waals surface area contributed by atoms with Gasteiger partial charge in [-0.15, -0.1) is 0 Å². The number of carbonyl (C=O) groups excluding carboxylic acids is 2. The third kappa shape index (κ3) is 8.12. The number of nitrogens with one attached hydrogen (secondary N) is 3. The minimum atomic E-state index is -0.455. The van der Waals surface area contributed by atoms with E-state index in [1.54, 1.807) is 30.3 Å². The number of para-hydroxylation sites is 2. The molecule has 0 spiro atoms. The summed E-state index contributed by atoms with van der Waals surface area (Å²) in [6.45, 7) is 2.41. The summed E-state index contributed by atoms with van der Waals surface area (Å²) < 4.78 is 11.5. The Hall–Kier alpha value is -3.91. The second-order valence-corrected chi connectivity index (χ2v) is 8.07. The maximum absolute atomic E-state index is 12.6. The lowest BCUT2D eigenvalue weighted by Gasteiger charge is -2.14. The van der Waals surface area contributed by atoms with Crippen LogP contribution in [-0.4, -0.2) is 30.1 Å². The first kappa shape index (κ1) is 25.7. The van der Waals surface area contributed by atoms with E-state index in [1.165, 1.54) is 0 Å². The lowest BCUT2D eigenvalue weighted by Crippen LogP contribution is -2.49. The molecule has 0 aliphatic carbocycles. The van der Waals surface area contributed by atoms with Crippen molar-refractivity contribution in [3.63, 3.8) is 0 Å². The molecule has 0 unspecified atom stereocenters. The molecule has 0 fully saturated rings. The van der Waals surface area contributed by atoms with E-state index in [2.05, 4.69) is 23.1 Å². The standard InChI is InChI=1S/C27H29N3O4S/c1-2-3-11-18-33-24-17-10-8-15-22(24)26(32)28-27(35)30-29-25(31)19-34-23-16-9-7-14-21(23)20-12-5-4-6-13-20/h4-10,12-17H,2-3,11,18-19H2,1H3,(H,29,31)(H2,28,30,32,35). The number of hydrogen-bond acceptors (Lipinski definition) is 5. The summed E-state index contributed by atoms with van der Waals surface area (Å²) in [6.07, 6.45) is 3.06. The van der Waals surface area contributed by atoms with Gasteiger partial charge in [0.2, 0.25) is 0 Å². The molecule has 8 heteroatoms. The minimum absolute atomic E-state index is 0.0474. The number of amides is 2. The Labute approximate surface area is 210 Å². The van der Waals surface area contributed by atoms with Gasteiger partial charge >= 0.3 is 0 Å². The van der Waals surface area contributed by atoms with E-state index in [0.717, 1.165) is 30.4 Å². The molecule has 3 rings (SSSR count). The zero-order valence-corrected chi connectivity index (χ0v) is 20.4. The second kappa shape index (κ2) is 13.7. The van der Waals surface area contributed by atoms with Gasteiger partial charge in [-0.25, -0.2) is 0 Å². The summed E-state index contributed by atoms with van der Waals surface area (Å²) >= 11 is 5.14. The summed E-state index contributed by atoms with van der Waals surface area (Å²) in [4.78, 5) is 24.9. The predicted molar refractivity (Wildman–Crippen MR) is 140 cm³/mol. The highest BCUT2D eigenvalue weighted by molar-refractivity contribution is 7.80. The van der Waals surface area contributed by atoms with Gasteiger partial charge in [0.25, 0.3) is 11.8 Å². The fourth-order valence-electron chi connectivity index (χ4n) is 3.27. The molecule has 3 aromatic rings. The molecule has 0 radical (unpaired) electrons. The Morgan fingerprint density at radius 3 is 2.26 bits per heavy atom. The van der Waals surface area contributed by atoms with E-state index in [0.29, 0.717) is 23.7 Å². The average Bonchev–Trinajstić information content (AvgIpc) is 2.89. The van der Waals surface area contributed by atoms with Crippen LogP contribution in [0.3, 0.4) is 0 Å². The number of hydrogen-bond donors (Lipinski definition) is 3. The zero-order chi connectivity index (χ0) is 24.9. The van der Waals surface area contributed by atoms with Gasteiger partial charge in [-0.1, -0.05) is 80.4 Å². The summed E-state index contributed by atoms with van der Waals surface area (Å²) in [6, 6.07) is 24.2. The van der Waals surface area contributed by atoms with Crippen molar-refractivity contribution in [2.45, 2.75) is 26.2 Å². The lowest BCUT2D eigenvalue weighted by atomic mass is 10.1. The van der Waals surface area contributed by atoms with Crippen molar-refractivity contribution in [3.8, 4) is 22.6 Å². The van der Waals surface area contributed by atoms with Crippen LogP contribution in [0.1, 0.15) is 36.5 Å². The molecule has 0 atom stereocenters. The molecular formula is C27H29N3O4S. The molecule has 0 saturated heterocycles. The average molecular weight is 492 g/mol. The van der Waals surface area contributed by atoms with Gasteiger partial charge in [-0.05, 0) is 42.4 Å². The Kier molecular flexibility index (Phi) is 10.1. The van der Waals surface area contributed by atoms with E-state index < -0.39 is 11.8 Å². The Morgan fingerprint density at radius 2 is 1.49 bits per heavy atom. The lowest BCUT2D eigenvalue weighted by molar-refractivity contribution is -0.123. The van der Waals surface area contributed by atoms with Gasteiger partial charge in [0.05, 0.1) is 12.2 Å². The number of benzene rings is 3. The number of rotatable bonds is 10. The summed E-state index contributed by atoms with van der Waals surface area (Å²) in [5.41, 5.74) is 7.18. The van der Waals surface area contributed by atoms with Crippen molar-refractivity contribution in [2.24, 2.45) is 0 Å². The van der Waals surface area contributed by atoms with Gasteiger partial charge in [-0.3, -0.25) is 25.8 Å². The third-order valence-corrected chi connectivity index (χ3v) is 5.21. The Bertz CT molecular complexity index is 1140. The molecule has 35 heavy (non-hydrogen) atoms. The van der Waals surface area contributed by atoms with Crippen LogP contribution in [0.15, 0.2) is 78.9 Å². The first-order chi connectivity index (χ1) is 17.1.